The van der Waals surface area contributed by atoms with Crippen molar-refractivity contribution in [3.05, 3.63) is 64.7 Å². The molecule has 0 radical (unpaired) electrons. The fourth-order valence-corrected chi connectivity index (χ4v) is 3.13. The molecule has 1 amide bonds. The second-order valence-electron chi connectivity index (χ2n) is 7.00. The van der Waals surface area contributed by atoms with Crippen molar-refractivity contribution in [2.75, 3.05) is 5.32 Å². The van der Waals surface area contributed by atoms with Gasteiger partial charge in [-0.25, -0.2) is 0 Å². The van der Waals surface area contributed by atoms with E-state index in [0.29, 0.717) is 0 Å². The molecular weight excluding hydrogens is 371 g/mol. The molecule has 2 aromatic carbocycles. The molecule has 0 aliphatic carbocycles. The van der Waals surface area contributed by atoms with Crippen LogP contribution in [-0.4, -0.2) is 17.0 Å². The Morgan fingerprint density at radius 3 is 2.21 bits per heavy atom. The molecule has 0 bridgehead atoms. The highest BCUT2D eigenvalue weighted by atomic mass is 19.4. The smallest absolute Gasteiger partial charge is 0.416 e. The van der Waals surface area contributed by atoms with Crippen molar-refractivity contribution in [3.63, 3.8) is 0 Å². The lowest BCUT2D eigenvalue weighted by Crippen LogP contribution is -2.33. The number of anilines is 1. The van der Waals surface area contributed by atoms with Crippen molar-refractivity contribution >= 4 is 17.6 Å². The van der Waals surface area contributed by atoms with E-state index in [2.05, 4.69) is 5.32 Å². The lowest BCUT2D eigenvalue weighted by Gasteiger charge is -2.20. The Morgan fingerprint density at radius 2 is 1.68 bits per heavy atom. The van der Waals surface area contributed by atoms with Gasteiger partial charge in [0.15, 0.2) is 0 Å². The van der Waals surface area contributed by atoms with Gasteiger partial charge in [-0.1, -0.05) is 42.3 Å². The van der Waals surface area contributed by atoms with Crippen molar-refractivity contribution in [1.29, 1.82) is 0 Å². The summed E-state index contributed by atoms with van der Waals surface area (Å²) >= 11 is 0. The first-order valence-electron chi connectivity index (χ1n) is 8.75. The Morgan fingerprint density at radius 1 is 1.07 bits per heavy atom. The topological polar surface area (TPSA) is 66.4 Å². The summed E-state index contributed by atoms with van der Waals surface area (Å²) < 4.78 is 38.4. The number of aryl methyl sites for hydroxylation is 2. The Balaban J connectivity index is 2.17. The molecule has 0 aliphatic heterocycles. The van der Waals surface area contributed by atoms with Crippen LogP contribution in [-0.2, 0) is 22.2 Å². The normalized spacial score (nSPS) is 13.6. The van der Waals surface area contributed by atoms with Crippen LogP contribution in [0.5, 0.6) is 0 Å². The van der Waals surface area contributed by atoms with Gasteiger partial charge in [-0.15, -0.1) is 0 Å². The summed E-state index contributed by atoms with van der Waals surface area (Å²) in [5, 5.41) is 12.0. The zero-order valence-electron chi connectivity index (χ0n) is 15.8. The molecule has 2 rings (SSSR count). The van der Waals surface area contributed by atoms with E-state index in [-0.39, 0.29) is 12.1 Å². The molecule has 0 aliphatic rings. The monoisotopic (exact) mass is 393 g/mol. The maximum atomic E-state index is 12.8. The number of carboxylic acids is 1. The molecule has 0 spiro atoms. The van der Waals surface area contributed by atoms with Crippen LogP contribution in [0.25, 0.3) is 0 Å². The number of aliphatic carboxylic acids is 1. The standard InChI is InChI=1S/C21H22F3NO3/c1-12-7-13(2)9-15(8-12)10-18(20(27)28)14(3)19(26)25-17-6-4-5-16(11-17)21(22,23)24/h4-9,11,14,18H,10H2,1-3H3,(H,25,26)(H,27,28)/t14-,18-/m1/s1. The van der Waals surface area contributed by atoms with E-state index in [0.717, 1.165) is 28.8 Å². The average Bonchev–Trinajstić information content (AvgIpc) is 2.57. The number of halogens is 3. The number of carbonyl (C=O) groups excluding carboxylic acids is 1. The average molecular weight is 393 g/mol. The van der Waals surface area contributed by atoms with Crippen LogP contribution in [0, 0.1) is 25.7 Å². The van der Waals surface area contributed by atoms with Crippen molar-refractivity contribution in [1.82, 2.24) is 0 Å². The van der Waals surface area contributed by atoms with Crippen molar-refractivity contribution in [2.45, 2.75) is 33.4 Å². The second kappa shape index (κ2) is 8.46. The van der Waals surface area contributed by atoms with Crippen LogP contribution in [0.2, 0.25) is 0 Å². The molecule has 0 unspecified atom stereocenters. The summed E-state index contributed by atoms with van der Waals surface area (Å²) in [5.74, 6) is -3.72. The third-order valence-electron chi connectivity index (χ3n) is 4.53. The van der Waals surface area contributed by atoms with Gasteiger partial charge >= 0.3 is 12.1 Å². The van der Waals surface area contributed by atoms with Gasteiger partial charge < -0.3 is 10.4 Å². The molecule has 0 heterocycles. The van der Waals surface area contributed by atoms with E-state index in [1.165, 1.54) is 19.1 Å². The van der Waals surface area contributed by atoms with E-state index in [1.54, 1.807) is 0 Å². The lowest BCUT2D eigenvalue weighted by molar-refractivity contribution is -0.145. The lowest BCUT2D eigenvalue weighted by atomic mass is 9.86. The number of rotatable bonds is 6. The summed E-state index contributed by atoms with van der Waals surface area (Å²) in [6.07, 6.45) is -4.38. The molecule has 4 nitrogen and oxygen atoms in total. The molecule has 150 valence electrons. The Kier molecular flexibility index (Phi) is 6.48. The van der Waals surface area contributed by atoms with Gasteiger partial charge in [0.1, 0.15) is 0 Å². The van der Waals surface area contributed by atoms with Crippen LogP contribution < -0.4 is 5.32 Å². The molecule has 0 fully saturated rings. The molecular formula is C21H22F3NO3. The zero-order valence-corrected chi connectivity index (χ0v) is 15.8. The number of benzene rings is 2. The number of carboxylic acid groups (broad SMARTS) is 1. The number of amides is 1. The maximum Gasteiger partial charge on any atom is 0.416 e. The van der Waals surface area contributed by atoms with Crippen LogP contribution in [0.15, 0.2) is 42.5 Å². The highest BCUT2D eigenvalue weighted by molar-refractivity contribution is 5.95. The first-order valence-corrected chi connectivity index (χ1v) is 8.75. The number of hydrogen-bond donors (Lipinski definition) is 2. The predicted octanol–water partition coefficient (Wildman–Crippen LogP) is 4.84. The SMILES string of the molecule is Cc1cc(C)cc(C[C@@H](C(=O)O)[C@@H](C)C(=O)Nc2cccc(C(F)(F)F)c2)c1. The number of nitrogens with one attached hydrogen (secondary N) is 1. The molecule has 0 saturated carbocycles. The van der Waals surface area contributed by atoms with E-state index >= 15 is 0 Å². The van der Waals surface area contributed by atoms with Crippen LogP contribution in [0.1, 0.15) is 29.2 Å². The van der Waals surface area contributed by atoms with Crippen LogP contribution in [0.3, 0.4) is 0 Å². The predicted molar refractivity (Wildman–Crippen MR) is 100.0 cm³/mol. The van der Waals surface area contributed by atoms with Gasteiger partial charge in [0, 0.05) is 11.6 Å². The number of alkyl halides is 3. The Labute approximate surface area is 161 Å². The minimum Gasteiger partial charge on any atom is -0.481 e. The summed E-state index contributed by atoms with van der Waals surface area (Å²) in [5.41, 5.74) is 1.86. The zero-order chi connectivity index (χ0) is 21.1. The summed E-state index contributed by atoms with van der Waals surface area (Å²) in [6, 6.07) is 9.93. The molecule has 7 heteroatoms. The third-order valence-corrected chi connectivity index (χ3v) is 4.53. The summed E-state index contributed by atoms with van der Waals surface area (Å²) in [6.45, 7) is 5.26. The molecule has 28 heavy (non-hydrogen) atoms. The van der Waals surface area contributed by atoms with Crippen molar-refractivity contribution in [3.8, 4) is 0 Å². The van der Waals surface area contributed by atoms with E-state index in [9.17, 15) is 27.9 Å². The van der Waals surface area contributed by atoms with Crippen LogP contribution in [0.4, 0.5) is 18.9 Å². The maximum absolute atomic E-state index is 12.8. The summed E-state index contributed by atoms with van der Waals surface area (Å²) in [7, 11) is 0. The highest BCUT2D eigenvalue weighted by Gasteiger charge is 2.32. The Hall–Kier alpha value is -2.83. The molecule has 0 saturated heterocycles. The van der Waals surface area contributed by atoms with E-state index < -0.39 is 35.5 Å². The van der Waals surface area contributed by atoms with E-state index in [4.69, 9.17) is 0 Å². The van der Waals surface area contributed by atoms with Crippen LogP contribution >= 0.6 is 0 Å². The summed E-state index contributed by atoms with van der Waals surface area (Å²) in [4.78, 5) is 24.2. The van der Waals surface area contributed by atoms with Gasteiger partial charge in [-0.2, -0.15) is 13.2 Å². The van der Waals surface area contributed by atoms with Gasteiger partial charge in [0.05, 0.1) is 11.5 Å². The Bertz CT molecular complexity index is 857. The fraction of sp³-hybridized carbons (Fsp3) is 0.333. The second-order valence-corrected chi connectivity index (χ2v) is 7.00. The quantitative estimate of drug-likeness (QED) is 0.738. The molecule has 2 N–H and O–H groups in total. The largest absolute Gasteiger partial charge is 0.481 e. The highest BCUT2D eigenvalue weighted by Crippen LogP contribution is 2.31. The first-order chi connectivity index (χ1) is 13.0. The van der Waals surface area contributed by atoms with Gasteiger partial charge in [-0.05, 0) is 44.0 Å². The minimum atomic E-state index is -4.53. The molecule has 2 atom stereocenters. The van der Waals surface area contributed by atoms with Gasteiger partial charge in [-0.3, -0.25) is 9.59 Å². The van der Waals surface area contributed by atoms with Crippen molar-refractivity contribution in [2.24, 2.45) is 11.8 Å². The molecule has 0 aromatic heterocycles. The van der Waals surface area contributed by atoms with E-state index in [1.807, 2.05) is 32.0 Å². The number of hydrogen-bond acceptors (Lipinski definition) is 2. The molecule has 2 aromatic rings. The van der Waals surface area contributed by atoms with Gasteiger partial charge in [0.2, 0.25) is 5.91 Å². The first kappa shape index (κ1) is 21.5. The van der Waals surface area contributed by atoms with Crippen molar-refractivity contribution < 1.29 is 27.9 Å². The number of carbonyl (C=O) groups is 2. The minimum absolute atomic E-state index is 0.0257. The van der Waals surface area contributed by atoms with Gasteiger partial charge in [0.25, 0.3) is 0 Å². The third kappa shape index (κ3) is 5.58. The fourth-order valence-electron chi connectivity index (χ4n) is 3.13.